The SMILES string of the molecule is c1ccc(-c2nc3ccccc3n2-c2c(-c3cccc4c3oc3ccccc34)cccc2-n2c3ccccc3c3ccccc32)cc1. The molecule has 0 spiro atoms. The van der Waals surface area contributed by atoms with Gasteiger partial charge < -0.3 is 8.98 Å². The van der Waals surface area contributed by atoms with E-state index in [-0.39, 0.29) is 0 Å². The van der Waals surface area contributed by atoms with Gasteiger partial charge in [-0.3, -0.25) is 4.57 Å². The smallest absolute Gasteiger partial charge is 0.145 e. The Bertz CT molecular complexity index is 2750. The van der Waals surface area contributed by atoms with Crippen molar-refractivity contribution in [2.45, 2.75) is 0 Å². The normalized spacial score (nSPS) is 11.8. The van der Waals surface area contributed by atoms with Gasteiger partial charge in [-0.15, -0.1) is 0 Å². The maximum atomic E-state index is 6.65. The van der Waals surface area contributed by atoms with E-state index in [0.717, 1.165) is 77.9 Å². The molecule has 0 fully saturated rings. The van der Waals surface area contributed by atoms with Crippen molar-refractivity contribution in [2.24, 2.45) is 0 Å². The number of hydrogen-bond acceptors (Lipinski definition) is 2. The maximum absolute atomic E-state index is 6.65. The van der Waals surface area contributed by atoms with Crippen LogP contribution in [0.25, 0.3) is 88.7 Å². The number of benzene rings is 7. The molecular weight excluding hydrogens is 574 g/mol. The van der Waals surface area contributed by atoms with Gasteiger partial charge in [0.05, 0.1) is 33.4 Å². The molecule has 0 bridgehead atoms. The molecule has 0 N–H and O–H groups in total. The van der Waals surface area contributed by atoms with Crippen LogP contribution in [0.2, 0.25) is 0 Å². The van der Waals surface area contributed by atoms with Crippen LogP contribution in [-0.4, -0.2) is 14.1 Å². The molecule has 0 saturated carbocycles. The first-order chi connectivity index (χ1) is 23.3. The Labute approximate surface area is 270 Å². The van der Waals surface area contributed by atoms with E-state index in [9.17, 15) is 0 Å². The summed E-state index contributed by atoms with van der Waals surface area (Å²) in [6.45, 7) is 0. The summed E-state index contributed by atoms with van der Waals surface area (Å²) in [5.41, 5.74) is 11.3. The van der Waals surface area contributed by atoms with Gasteiger partial charge in [-0.2, -0.15) is 0 Å². The van der Waals surface area contributed by atoms with E-state index in [4.69, 9.17) is 9.40 Å². The first kappa shape index (κ1) is 25.9. The zero-order valence-corrected chi connectivity index (χ0v) is 25.3. The Kier molecular flexibility index (Phi) is 5.54. The van der Waals surface area contributed by atoms with Gasteiger partial charge in [0.25, 0.3) is 0 Å². The third-order valence-electron chi connectivity index (χ3n) is 9.35. The summed E-state index contributed by atoms with van der Waals surface area (Å²) in [5, 5.41) is 4.66. The predicted octanol–water partition coefficient (Wildman–Crippen LogP) is 11.4. The Morgan fingerprint density at radius 3 is 1.81 bits per heavy atom. The first-order valence-corrected chi connectivity index (χ1v) is 15.9. The van der Waals surface area contributed by atoms with Crippen molar-refractivity contribution in [1.29, 1.82) is 0 Å². The Morgan fingerprint density at radius 1 is 0.426 bits per heavy atom. The van der Waals surface area contributed by atoms with Gasteiger partial charge >= 0.3 is 0 Å². The van der Waals surface area contributed by atoms with Crippen LogP contribution in [0, 0.1) is 0 Å². The van der Waals surface area contributed by atoms with Crippen LogP contribution in [0.15, 0.2) is 168 Å². The number of aromatic nitrogens is 3. The second-order valence-electron chi connectivity index (χ2n) is 11.9. The quantitative estimate of drug-likeness (QED) is 0.201. The van der Waals surface area contributed by atoms with E-state index in [1.54, 1.807) is 0 Å². The van der Waals surface area contributed by atoms with Crippen LogP contribution in [0.4, 0.5) is 0 Å². The molecule has 7 aromatic carbocycles. The van der Waals surface area contributed by atoms with Crippen LogP contribution >= 0.6 is 0 Å². The molecule has 0 aliphatic carbocycles. The highest BCUT2D eigenvalue weighted by atomic mass is 16.3. The van der Waals surface area contributed by atoms with E-state index in [1.165, 1.54) is 10.8 Å². The number of hydrogen-bond donors (Lipinski definition) is 0. The molecule has 0 aliphatic heterocycles. The molecule has 220 valence electrons. The van der Waals surface area contributed by atoms with Crippen LogP contribution in [0.5, 0.6) is 0 Å². The first-order valence-electron chi connectivity index (χ1n) is 15.9. The third kappa shape index (κ3) is 3.79. The van der Waals surface area contributed by atoms with E-state index in [1.807, 2.05) is 12.1 Å². The fourth-order valence-corrected chi connectivity index (χ4v) is 7.34. The molecule has 10 rings (SSSR count). The lowest BCUT2D eigenvalue weighted by atomic mass is 9.99. The number of para-hydroxylation sites is 7. The van der Waals surface area contributed by atoms with E-state index >= 15 is 0 Å². The molecule has 0 atom stereocenters. The number of imidazole rings is 1. The summed E-state index contributed by atoms with van der Waals surface area (Å²) in [6, 6.07) is 57.7. The van der Waals surface area contributed by atoms with Crippen LogP contribution in [0.1, 0.15) is 0 Å². The van der Waals surface area contributed by atoms with Gasteiger partial charge in [0.1, 0.15) is 17.0 Å². The van der Waals surface area contributed by atoms with Crippen molar-refractivity contribution in [3.63, 3.8) is 0 Å². The topological polar surface area (TPSA) is 35.9 Å². The molecule has 4 nitrogen and oxygen atoms in total. The molecular formula is C43H27N3O. The monoisotopic (exact) mass is 601 g/mol. The van der Waals surface area contributed by atoms with Crippen molar-refractivity contribution in [2.75, 3.05) is 0 Å². The lowest BCUT2D eigenvalue weighted by Gasteiger charge is -2.21. The standard InChI is InChI=1S/C43H27N3O/c1-2-14-28(15-3-1)43-44-35-22-7-10-25-38(35)46(43)41-32(34-21-12-20-33-31-18-6-11-27-40(31)47-42(33)34)19-13-26-39(41)45-36-23-8-4-16-29(36)30-17-5-9-24-37(30)45/h1-27H. The second-order valence-corrected chi connectivity index (χ2v) is 11.9. The van der Waals surface area contributed by atoms with Crippen LogP contribution in [0.3, 0.4) is 0 Å². The van der Waals surface area contributed by atoms with E-state index < -0.39 is 0 Å². The van der Waals surface area contributed by atoms with Crippen molar-refractivity contribution in [3.8, 4) is 33.9 Å². The van der Waals surface area contributed by atoms with Crippen molar-refractivity contribution >= 4 is 54.8 Å². The fourth-order valence-electron chi connectivity index (χ4n) is 7.34. The molecule has 0 radical (unpaired) electrons. The second kappa shape index (κ2) is 10.1. The van der Waals surface area contributed by atoms with Crippen molar-refractivity contribution in [3.05, 3.63) is 164 Å². The maximum Gasteiger partial charge on any atom is 0.145 e. The summed E-state index contributed by atoms with van der Waals surface area (Å²) in [7, 11) is 0. The molecule has 10 aromatic rings. The molecule has 47 heavy (non-hydrogen) atoms. The fraction of sp³-hybridized carbons (Fsp3) is 0. The number of rotatable bonds is 4. The molecule has 0 unspecified atom stereocenters. The zero-order valence-electron chi connectivity index (χ0n) is 25.3. The Balaban J connectivity index is 1.41. The molecule has 0 aliphatic rings. The highest BCUT2D eigenvalue weighted by Crippen LogP contribution is 2.44. The molecule has 3 aromatic heterocycles. The van der Waals surface area contributed by atoms with Gasteiger partial charge in [-0.25, -0.2) is 4.98 Å². The average Bonchev–Trinajstić information content (AvgIpc) is 3.81. The van der Waals surface area contributed by atoms with Gasteiger partial charge in [-0.05, 0) is 36.4 Å². The van der Waals surface area contributed by atoms with Crippen LogP contribution in [-0.2, 0) is 0 Å². The molecule has 4 heteroatoms. The highest BCUT2D eigenvalue weighted by Gasteiger charge is 2.25. The molecule has 0 amide bonds. The van der Waals surface area contributed by atoms with Crippen LogP contribution < -0.4 is 0 Å². The molecule has 0 saturated heterocycles. The minimum atomic E-state index is 0.875. The van der Waals surface area contributed by atoms with Gasteiger partial charge in [-0.1, -0.05) is 127 Å². The lowest BCUT2D eigenvalue weighted by molar-refractivity contribution is 0.670. The largest absolute Gasteiger partial charge is 0.455 e. The van der Waals surface area contributed by atoms with Gasteiger partial charge in [0.15, 0.2) is 0 Å². The number of nitrogens with zero attached hydrogens (tertiary/aromatic N) is 3. The van der Waals surface area contributed by atoms with E-state index in [2.05, 4.69) is 161 Å². The minimum Gasteiger partial charge on any atom is -0.455 e. The third-order valence-corrected chi connectivity index (χ3v) is 9.35. The summed E-state index contributed by atoms with van der Waals surface area (Å²) in [6.07, 6.45) is 0. The summed E-state index contributed by atoms with van der Waals surface area (Å²) >= 11 is 0. The minimum absolute atomic E-state index is 0.875. The summed E-state index contributed by atoms with van der Waals surface area (Å²) < 4.78 is 11.4. The van der Waals surface area contributed by atoms with Gasteiger partial charge in [0, 0.05) is 38.2 Å². The lowest BCUT2D eigenvalue weighted by Crippen LogP contribution is -2.07. The Morgan fingerprint density at radius 2 is 1.02 bits per heavy atom. The Hall–Kier alpha value is -6.39. The average molecular weight is 602 g/mol. The summed E-state index contributed by atoms with van der Waals surface area (Å²) in [5.74, 6) is 0.887. The summed E-state index contributed by atoms with van der Waals surface area (Å²) in [4.78, 5) is 5.27. The van der Waals surface area contributed by atoms with Crippen molar-refractivity contribution < 1.29 is 4.42 Å². The van der Waals surface area contributed by atoms with Gasteiger partial charge in [0.2, 0.25) is 0 Å². The number of fused-ring (bicyclic) bond motifs is 7. The zero-order chi connectivity index (χ0) is 30.9. The number of furan rings is 1. The predicted molar refractivity (Wildman–Crippen MR) is 194 cm³/mol. The highest BCUT2D eigenvalue weighted by molar-refractivity contribution is 6.12. The van der Waals surface area contributed by atoms with Crippen molar-refractivity contribution in [1.82, 2.24) is 14.1 Å². The molecule has 3 heterocycles. The van der Waals surface area contributed by atoms with E-state index in [0.29, 0.717) is 0 Å².